The first-order valence-electron chi connectivity index (χ1n) is 9.68. The SMILES string of the molecule is CCc1cccc2c(Nc3cc(F)cc(F)c3)ncc(C(=O)N3C=CCCC3)c12. The van der Waals surface area contributed by atoms with Crippen molar-refractivity contribution >= 4 is 28.2 Å². The van der Waals surface area contributed by atoms with Crippen molar-refractivity contribution in [3.05, 3.63) is 77.6 Å². The van der Waals surface area contributed by atoms with Crippen LogP contribution in [-0.4, -0.2) is 22.3 Å². The molecule has 148 valence electrons. The van der Waals surface area contributed by atoms with Crippen LogP contribution in [0.1, 0.15) is 35.7 Å². The lowest BCUT2D eigenvalue weighted by Crippen LogP contribution is -2.29. The predicted octanol–water partition coefficient (Wildman–Crippen LogP) is 5.57. The van der Waals surface area contributed by atoms with E-state index in [-0.39, 0.29) is 11.6 Å². The summed E-state index contributed by atoms with van der Waals surface area (Å²) in [5.74, 6) is -0.988. The highest BCUT2D eigenvalue weighted by Crippen LogP contribution is 2.31. The third-order valence-electron chi connectivity index (χ3n) is 5.05. The van der Waals surface area contributed by atoms with E-state index < -0.39 is 11.6 Å². The lowest BCUT2D eigenvalue weighted by atomic mass is 9.98. The van der Waals surface area contributed by atoms with Gasteiger partial charge in [0, 0.05) is 41.5 Å². The molecule has 0 bridgehead atoms. The molecule has 0 saturated heterocycles. The molecule has 29 heavy (non-hydrogen) atoms. The summed E-state index contributed by atoms with van der Waals surface area (Å²) in [5, 5.41) is 4.55. The Labute approximate surface area is 167 Å². The second-order valence-corrected chi connectivity index (χ2v) is 7.02. The lowest BCUT2D eigenvalue weighted by Gasteiger charge is -2.23. The second kappa shape index (κ2) is 7.99. The molecule has 1 aliphatic heterocycles. The fourth-order valence-electron chi connectivity index (χ4n) is 3.68. The number of hydrogen-bond donors (Lipinski definition) is 1. The zero-order valence-electron chi connectivity index (χ0n) is 16.1. The number of amides is 1. The molecule has 0 radical (unpaired) electrons. The molecular weight excluding hydrogens is 372 g/mol. The molecule has 0 aliphatic carbocycles. The van der Waals surface area contributed by atoms with Gasteiger partial charge in [-0.1, -0.05) is 31.2 Å². The van der Waals surface area contributed by atoms with Gasteiger partial charge in [-0.3, -0.25) is 4.79 Å². The van der Waals surface area contributed by atoms with Gasteiger partial charge in [0.05, 0.1) is 5.56 Å². The molecule has 0 unspecified atom stereocenters. The number of anilines is 2. The summed E-state index contributed by atoms with van der Waals surface area (Å²) < 4.78 is 27.2. The second-order valence-electron chi connectivity index (χ2n) is 7.02. The number of nitrogens with zero attached hydrogens (tertiary/aromatic N) is 2. The maximum absolute atomic E-state index is 13.6. The average Bonchev–Trinajstić information content (AvgIpc) is 2.73. The van der Waals surface area contributed by atoms with Gasteiger partial charge in [0.1, 0.15) is 17.5 Å². The van der Waals surface area contributed by atoms with Gasteiger partial charge in [-0.25, -0.2) is 13.8 Å². The van der Waals surface area contributed by atoms with Crippen LogP contribution >= 0.6 is 0 Å². The van der Waals surface area contributed by atoms with Gasteiger partial charge in [-0.2, -0.15) is 0 Å². The first-order valence-corrected chi connectivity index (χ1v) is 9.68. The number of carbonyl (C=O) groups excluding carboxylic acids is 1. The van der Waals surface area contributed by atoms with E-state index in [2.05, 4.69) is 10.3 Å². The van der Waals surface area contributed by atoms with E-state index in [0.717, 1.165) is 41.7 Å². The van der Waals surface area contributed by atoms with Gasteiger partial charge in [0.25, 0.3) is 5.91 Å². The van der Waals surface area contributed by atoms with Crippen LogP contribution in [0, 0.1) is 11.6 Å². The predicted molar refractivity (Wildman–Crippen MR) is 110 cm³/mol. The van der Waals surface area contributed by atoms with Gasteiger partial charge >= 0.3 is 0 Å². The van der Waals surface area contributed by atoms with Gasteiger partial charge < -0.3 is 10.2 Å². The molecule has 2 heterocycles. The highest BCUT2D eigenvalue weighted by molar-refractivity contribution is 6.11. The third kappa shape index (κ3) is 3.83. The Morgan fingerprint density at radius 3 is 2.69 bits per heavy atom. The summed E-state index contributed by atoms with van der Waals surface area (Å²) >= 11 is 0. The number of benzene rings is 2. The van der Waals surface area contributed by atoms with E-state index in [9.17, 15) is 13.6 Å². The molecule has 1 N–H and O–H groups in total. The van der Waals surface area contributed by atoms with E-state index in [1.807, 2.05) is 37.4 Å². The number of carbonyl (C=O) groups is 1. The van der Waals surface area contributed by atoms with Crippen LogP contribution < -0.4 is 5.32 Å². The monoisotopic (exact) mass is 393 g/mol. The molecule has 1 aromatic heterocycles. The minimum Gasteiger partial charge on any atom is -0.340 e. The largest absolute Gasteiger partial charge is 0.340 e. The Morgan fingerprint density at radius 1 is 1.21 bits per heavy atom. The smallest absolute Gasteiger partial charge is 0.259 e. The van der Waals surface area contributed by atoms with Crippen molar-refractivity contribution < 1.29 is 13.6 Å². The topological polar surface area (TPSA) is 45.2 Å². The molecule has 6 heteroatoms. The number of allylic oxidation sites excluding steroid dienone is 1. The summed E-state index contributed by atoms with van der Waals surface area (Å²) in [6, 6.07) is 8.98. The fourth-order valence-corrected chi connectivity index (χ4v) is 3.68. The van der Waals surface area contributed by atoms with Crippen LogP contribution in [0.25, 0.3) is 10.8 Å². The van der Waals surface area contributed by atoms with E-state index in [0.29, 0.717) is 17.9 Å². The quantitative estimate of drug-likeness (QED) is 0.630. The van der Waals surface area contributed by atoms with Crippen molar-refractivity contribution in [1.82, 2.24) is 9.88 Å². The Balaban J connectivity index is 1.83. The van der Waals surface area contributed by atoms with Crippen LogP contribution in [0.15, 0.2) is 54.9 Å². The van der Waals surface area contributed by atoms with E-state index >= 15 is 0 Å². The molecule has 2 aromatic carbocycles. The zero-order chi connectivity index (χ0) is 20.4. The molecule has 4 nitrogen and oxygen atoms in total. The fraction of sp³-hybridized carbons (Fsp3) is 0.217. The Kier molecular flexibility index (Phi) is 5.25. The van der Waals surface area contributed by atoms with Crippen LogP contribution in [0.4, 0.5) is 20.3 Å². The highest BCUT2D eigenvalue weighted by atomic mass is 19.1. The Bertz CT molecular complexity index is 1090. The van der Waals surface area contributed by atoms with Crippen molar-refractivity contribution in [3.8, 4) is 0 Å². The van der Waals surface area contributed by atoms with Gasteiger partial charge in [0.15, 0.2) is 0 Å². The molecule has 1 aliphatic rings. The van der Waals surface area contributed by atoms with Crippen molar-refractivity contribution in [1.29, 1.82) is 0 Å². The van der Waals surface area contributed by atoms with E-state index in [1.165, 1.54) is 12.1 Å². The summed E-state index contributed by atoms with van der Waals surface area (Å²) in [7, 11) is 0. The van der Waals surface area contributed by atoms with Gasteiger partial charge in [-0.05, 0) is 37.0 Å². The lowest BCUT2D eigenvalue weighted by molar-refractivity contribution is 0.0817. The summed E-state index contributed by atoms with van der Waals surface area (Å²) in [4.78, 5) is 19.3. The average molecular weight is 393 g/mol. The number of hydrogen-bond acceptors (Lipinski definition) is 3. The molecule has 0 fully saturated rings. The number of aryl methyl sites for hydroxylation is 1. The first-order chi connectivity index (χ1) is 14.1. The molecule has 1 amide bonds. The van der Waals surface area contributed by atoms with Crippen LogP contribution in [0.2, 0.25) is 0 Å². The molecular formula is C23H21F2N3O. The van der Waals surface area contributed by atoms with E-state index in [4.69, 9.17) is 0 Å². The van der Waals surface area contributed by atoms with Crippen molar-refractivity contribution in [3.63, 3.8) is 0 Å². The van der Waals surface area contributed by atoms with Crippen LogP contribution in [0.3, 0.4) is 0 Å². The van der Waals surface area contributed by atoms with Crippen LogP contribution in [0.5, 0.6) is 0 Å². The normalized spacial score (nSPS) is 13.7. The number of pyridine rings is 1. The highest BCUT2D eigenvalue weighted by Gasteiger charge is 2.21. The summed E-state index contributed by atoms with van der Waals surface area (Å²) in [5.41, 5.74) is 1.80. The molecule has 0 atom stereocenters. The Morgan fingerprint density at radius 2 is 2.00 bits per heavy atom. The van der Waals surface area contributed by atoms with E-state index in [1.54, 1.807) is 11.1 Å². The van der Waals surface area contributed by atoms with Crippen molar-refractivity contribution in [2.75, 3.05) is 11.9 Å². The van der Waals surface area contributed by atoms with Gasteiger partial charge in [0.2, 0.25) is 0 Å². The number of fused-ring (bicyclic) bond motifs is 1. The molecule has 0 spiro atoms. The minimum absolute atomic E-state index is 0.0947. The summed E-state index contributed by atoms with van der Waals surface area (Å²) in [6.45, 7) is 2.70. The van der Waals surface area contributed by atoms with Crippen molar-refractivity contribution in [2.24, 2.45) is 0 Å². The first kappa shape index (κ1) is 19.1. The number of halogens is 2. The molecule has 0 saturated carbocycles. The molecule has 4 rings (SSSR count). The molecule has 3 aromatic rings. The number of rotatable bonds is 4. The minimum atomic E-state index is -0.672. The standard InChI is InChI=1S/C23H21F2N3O/c1-2-15-7-6-8-19-21(15)20(23(29)28-9-4-3-5-10-28)14-26-22(19)27-18-12-16(24)11-17(25)13-18/h4,6-9,11-14H,2-3,5,10H2,1H3,(H,26,27). The summed E-state index contributed by atoms with van der Waals surface area (Å²) in [6.07, 6.45) is 8.00. The van der Waals surface area contributed by atoms with Gasteiger partial charge in [-0.15, -0.1) is 0 Å². The maximum Gasteiger partial charge on any atom is 0.259 e. The third-order valence-corrected chi connectivity index (χ3v) is 5.05. The number of nitrogens with one attached hydrogen (secondary N) is 1. The number of aromatic nitrogens is 1. The van der Waals surface area contributed by atoms with Crippen LogP contribution in [-0.2, 0) is 6.42 Å². The van der Waals surface area contributed by atoms with Crippen molar-refractivity contribution in [2.45, 2.75) is 26.2 Å². The Hall–Kier alpha value is -3.28. The zero-order valence-corrected chi connectivity index (χ0v) is 16.1. The maximum atomic E-state index is 13.6.